The molecule has 96 valence electrons. The molecule has 1 aromatic carbocycles. The summed E-state index contributed by atoms with van der Waals surface area (Å²) >= 11 is 0. The van der Waals surface area contributed by atoms with Crippen LogP contribution >= 0.6 is 0 Å². The Morgan fingerprint density at radius 3 is 2.12 bits per heavy atom. The molecule has 0 unspecified atom stereocenters. The number of rotatable bonds is 4. The molecule has 2 N–H and O–H groups in total. The molecule has 0 fully saturated rings. The second kappa shape index (κ2) is 5.06. The fraction of sp³-hybridized carbons (Fsp3) is 0.500. The summed E-state index contributed by atoms with van der Waals surface area (Å²) in [6.07, 6.45) is 0.794. The summed E-state index contributed by atoms with van der Waals surface area (Å²) in [4.78, 5) is 0.377. The van der Waals surface area contributed by atoms with Gasteiger partial charge in [-0.3, -0.25) is 0 Å². The van der Waals surface area contributed by atoms with Gasteiger partial charge in [0.1, 0.15) is 0 Å². The Kier molecular flexibility index (Phi) is 4.16. The van der Waals surface area contributed by atoms with Crippen molar-refractivity contribution in [1.82, 2.24) is 4.31 Å². The van der Waals surface area contributed by atoms with Crippen LogP contribution in [0, 0.1) is 13.8 Å². The maximum absolute atomic E-state index is 12.4. The Bertz CT molecular complexity index is 486. The minimum absolute atomic E-state index is 0.377. The lowest BCUT2D eigenvalue weighted by atomic mass is 10.1. The van der Waals surface area contributed by atoms with Crippen LogP contribution in [0.1, 0.15) is 24.5 Å². The first-order chi connectivity index (χ1) is 7.80. The van der Waals surface area contributed by atoms with Crippen LogP contribution in [-0.2, 0) is 10.0 Å². The molecule has 0 aliphatic rings. The van der Waals surface area contributed by atoms with E-state index in [4.69, 9.17) is 5.73 Å². The van der Waals surface area contributed by atoms with Gasteiger partial charge < -0.3 is 5.73 Å². The summed E-state index contributed by atoms with van der Waals surface area (Å²) in [6.45, 7) is 6.02. The zero-order valence-electron chi connectivity index (χ0n) is 10.8. The zero-order valence-corrected chi connectivity index (χ0v) is 11.6. The Morgan fingerprint density at radius 1 is 1.24 bits per heavy atom. The van der Waals surface area contributed by atoms with Gasteiger partial charge in [0.25, 0.3) is 0 Å². The number of benzene rings is 1. The van der Waals surface area contributed by atoms with Gasteiger partial charge in [-0.1, -0.05) is 6.92 Å². The van der Waals surface area contributed by atoms with Crippen LogP contribution in [0.4, 0.5) is 5.69 Å². The average Bonchev–Trinajstić information content (AvgIpc) is 2.15. The van der Waals surface area contributed by atoms with Crippen LogP contribution in [0.2, 0.25) is 0 Å². The molecule has 1 aromatic rings. The Labute approximate surface area is 103 Å². The number of nitrogen functional groups attached to an aromatic ring is 1. The van der Waals surface area contributed by atoms with E-state index in [2.05, 4.69) is 0 Å². The summed E-state index contributed by atoms with van der Waals surface area (Å²) in [6, 6.07) is 3.39. The van der Waals surface area contributed by atoms with Crippen molar-refractivity contribution in [2.45, 2.75) is 32.1 Å². The van der Waals surface area contributed by atoms with E-state index >= 15 is 0 Å². The second-order valence-electron chi connectivity index (χ2n) is 4.31. The maximum atomic E-state index is 12.4. The highest BCUT2D eigenvalue weighted by molar-refractivity contribution is 7.89. The predicted octanol–water partition coefficient (Wildman–Crippen LogP) is 1.92. The van der Waals surface area contributed by atoms with E-state index in [1.165, 1.54) is 4.31 Å². The Morgan fingerprint density at radius 2 is 1.71 bits per heavy atom. The van der Waals surface area contributed by atoms with Gasteiger partial charge in [0, 0.05) is 19.3 Å². The Balaban J connectivity index is 3.34. The molecule has 0 aromatic heterocycles. The van der Waals surface area contributed by atoms with E-state index in [1.807, 2.05) is 6.92 Å². The van der Waals surface area contributed by atoms with Crippen molar-refractivity contribution in [3.05, 3.63) is 23.3 Å². The lowest BCUT2D eigenvalue weighted by molar-refractivity contribution is 0.467. The molecule has 4 nitrogen and oxygen atoms in total. The van der Waals surface area contributed by atoms with Gasteiger partial charge in [0.15, 0.2) is 0 Å². The number of aryl methyl sites for hydroxylation is 2. The van der Waals surface area contributed by atoms with Crippen molar-refractivity contribution in [2.75, 3.05) is 19.3 Å². The van der Waals surface area contributed by atoms with Gasteiger partial charge in [0.2, 0.25) is 10.0 Å². The fourth-order valence-electron chi connectivity index (χ4n) is 1.98. The number of nitrogens with zero attached hydrogens (tertiary/aromatic N) is 1. The summed E-state index contributed by atoms with van der Waals surface area (Å²) in [5.74, 6) is 0. The average molecular weight is 256 g/mol. The molecule has 0 atom stereocenters. The molecule has 0 bridgehead atoms. The molecule has 0 saturated heterocycles. The van der Waals surface area contributed by atoms with E-state index in [-0.39, 0.29) is 0 Å². The molecular weight excluding hydrogens is 236 g/mol. The van der Waals surface area contributed by atoms with E-state index in [9.17, 15) is 8.42 Å². The number of hydrogen-bond acceptors (Lipinski definition) is 3. The van der Waals surface area contributed by atoms with Crippen molar-refractivity contribution in [3.8, 4) is 0 Å². The lowest BCUT2D eigenvalue weighted by Crippen LogP contribution is -2.28. The second-order valence-corrected chi connectivity index (χ2v) is 6.29. The van der Waals surface area contributed by atoms with E-state index < -0.39 is 10.0 Å². The topological polar surface area (TPSA) is 63.4 Å². The van der Waals surface area contributed by atoms with E-state index in [0.29, 0.717) is 28.3 Å². The molecule has 0 heterocycles. The van der Waals surface area contributed by atoms with Gasteiger partial charge in [-0.25, -0.2) is 12.7 Å². The first kappa shape index (κ1) is 14.0. The monoisotopic (exact) mass is 256 g/mol. The molecule has 0 aliphatic carbocycles. The van der Waals surface area contributed by atoms with Gasteiger partial charge in [-0.2, -0.15) is 0 Å². The van der Waals surface area contributed by atoms with E-state index in [1.54, 1.807) is 33.0 Å². The summed E-state index contributed by atoms with van der Waals surface area (Å²) in [5, 5.41) is 0. The van der Waals surface area contributed by atoms with Gasteiger partial charge in [-0.05, 0) is 43.5 Å². The highest BCUT2D eigenvalue weighted by Gasteiger charge is 2.24. The first-order valence-electron chi connectivity index (χ1n) is 5.63. The molecule has 17 heavy (non-hydrogen) atoms. The number of sulfonamides is 1. The first-order valence-corrected chi connectivity index (χ1v) is 7.07. The number of anilines is 1. The maximum Gasteiger partial charge on any atom is 0.243 e. The third kappa shape index (κ3) is 2.79. The minimum Gasteiger partial charge on any atom is -0.399 e. The van der Waals surface area contributed by atoms with Crippen LogP contribution in [-0.4, -0.2) is 26.3 Å². The molecular formula is C12H20N2O2S. The van der Waals surface area contributed by atoms with Crippen molar-refractivity contribution >= 4 is 15.7 Å². The van der Waals surface area contributed by atoms with Crippen LogP contribution in [0.25, 0.3) is 0 Å². The lowest BCUT2D eigenvalue weighted by Gasteiger charge is -2.19. The quantitative estimate of drug-likeness (QED) is 0.837. The van der Waals surface area contributed by atoms with Crippen LogP contribution in [0.15, 0.2) is 17.0 Å². The van der Waals surface area contributed by atoms with Crippen molar-refractivity contribution < 1.29 is 8.42 Å². The minimum atomic E-state index is -3.40. The van der Waals surface area contributed by atoms with E-state index in [0.717, 1.165) is 6.42 Å². The van der Waals surface area contributed by atoms with Crippen molar-refractivity contribution in [3.63, 3.8) is 0 Å². The molecule has 5 heteroatoms. The number of hydrogen-bond donors (Lipinski definition) is 1. The fourth-order valence-corrected chi connectivity index (χ4v) is 3.65. The van der Waals surface area contributed by atoms with Gasteiger partial charge in [-0.15, -0.1) is 0 Å². The molecule has 0 aliphatic heterocycles. The third-order valence-electron chi connectivity index (χ3n) is 2.69. The molecule has 0 spiro atoms. The molecule has 0 saturated carbocycles. The highest BCUT2D eigenvalue weighted by Crippen LogP contribution is 2.25. The summed E-state index contributed by atoms with van der Waals surface area (Å²) in [7, 11) is -1.80. The van der Waals surface area contributed by atoms with Crippen LogP contribution in [0.3, 0.4) is 0 Å². The normalized spacial score (nSPS) is 12.1. The standard InChI is InChI=1S/C12H20N2O2S/c1-5-6-14(4)17(15,16)12-9(2)7-11(13)8-10(12)3/h7-8H,5-6,13H2,1-4H3. The Hall–Kier alpha value is -1.07. The molecule has 1 rings (SSSR count). The predicted molar refractivity (Wildman–Crippen MR) is 70.4 cm³/mol. The van der Waals surface area contributed by atoms with Crippen LogP contribution in [0.5, 0.6) is 0 Å². The number of nitrogens with two attached hydrogens (primary N) is 1. The zero-order chi connectivity index (χ0) is 13.2. The summed E-state index contributed by atoms with van der Waals surface area (Å²) in [5.41, 5.74) is 7.69. The SMILES string of the molecule is CCCN(C)S(=O)(=O)c1c(C)cc(N)cc1C. The van der Waals surface area contributed by atoms with Crippen LogP contribution < -0.4 is 5.73 Å². The van der Waals surface area contributed by atoms with Crippen molar-refractivity contribution in [2.24, 2.45) is 0 Å². The highest BCUT2D eigenvalue weighted by atomic mass is 32.2. The smallest absolute Gasteiger partial charge is 0.243 e. The summed E-state index contributed by atoms with van der Waals surface area (Å²) < 4.78 is 26.1. The molecule has 0 radical (unpaired) electrons. The van der Waals surface area contributed by atoms with Gasteiger partial charge in [0.05, 0.1) is 4.90 Å². The van der Waals surface area contributed by atoms with Crippen molar-refractivity contribution in [1.29, 1.82) is 0 Å². The molecule has 0 amide bonds. The van der Waals surface area contributed by atoms with Gasteiger partial charge >= 0.3 is 0 Å². The largest absolute Gasteiger partial charge is 0.399 e. The third-order valence-corrected chi connectivity index (χ3v) is 4.85.